The predicted octanol–water partition coefficient (Wildman–Crippen LogP) is 1.43. The molecule has 0 saturated heterocycles. The molecule has 5 nitrogen and oxygen atoms in total. The van der Waals surface area contributed by atoms with Crippen LogP contribution in [0.3, 0.4) is 0 Å². The summed E-state index contributed by atoms with van der Waals surface area (Å²) in [5.74, 6) is 0.767. The summed E-state index contributed by atoms with van der Waals surface area (Å²) in [6.45, 7) is 1.92. The molecule has 1 heterocycles. The summed E-state index contributed by atoms with van der Waals surface area (Å²) in [5, 5.41) is 10.7. The Balaban J connectivity index is 2.87. The van der Waals surface area contributed by atoms with E-state index in [0.29, 0.717) is 5.03 Å². The fourth-order valence-electron chi connectivity index (χ4n) is 0.648. The minimum atomic E-state index is -0.467. The summed E-state index contributed by atoms with van der Waals surface area (Å²) < 4.78 is 0. The number of imidazole rings is 1. The summed E-state index contributed by atoms with van der Waals surface area (Å²) >= 11 is 1.35. The first-order valence-electron chi connectivity index (χ1n) is 3.06. The number of thioether (sulfide) groups is 1. The maximum Gasteiger partial charge on any atom is 0.354 e. The Bertz CT molecular complexity index is 260. The molecule has 1 aromatic heterocycles. The van der Waals surface area contributed by atoms with Crippen molar-refractivity contribution in [3.05, 3.63) is 16.4 Å². The molecule has 6 heteroatoms. The number of aromatic amines is 1. The summed E-state index contributed by atoms with van der Waals surface area (Å²) in [6, 6.07) is 0. The number of hydrogen-bond acceptors (Lipinski definition) is 4. The number of nitro groups is 1. The van der Waals surface area contributed by atoms with Crippen molar-refractivity contribution in [1.82, 2.24) is 9.97 Å². The smallest absolute Gasteiger partial charge is 0.354 e. The monoisotopic (exact) mass is 173 g/mol. The molecule has 0 atom stereocenters. The molecule has 0 fully saturated rings. The topological polar surface area (TPSA) is 71.8 Å². The maximum atomic E-state index is 10.3. The fraction of sp³-hybridized carbons (Fsp3) is 0.400. The molecular formula is C5H7N3O2S. The maximum absolute atomic E-state index is 10.3. The van der Waals surface area contributed by atoms with Crippen molar-refractivity contribution in [2.75, 3.05) is 5.75 Å². The summed E-state index contributed by atoms with van der Waals surface area (Å²) in [6.07, 6.45) is 1.33. The van der Waals surface area contributed by atoms with Crippen LogP contribution in [0, 0.1) is 10.1 Å². The van der Waals surface area contributed by atoms with Crippen molar-refractivity contribution in [3.63, 3.8) is 0 Å². The van der Waals surface area contributed by atoms with Crippen LogP contribution in [0.4, 0.5) is 5.82 Å². The van der Waals surface area contributed by atoms with Crippen LogP contribution < -0.4 is 0 Å². The molecule has 0 aliphatic carbocycles. The molecule has 1 aromatic rings. The third-order valence-corrected chi connectivity index (χ3v) is 1.91. The van der Waals surface area contributed by atoms with Gasteiger partial charge in [-0.2, -0.15) is 0 Å². The molecule has 11 heavy (non-hydrogen) atoms. The zero-order valence-corrected chi connectivity index (χ0v) is 6.72. The van der Waals surface area contributed by atoms with Crippen molar-refractivity contribution in [1.29, 1.82) is 0 Å². The van der Waals surface area contributed by atoms with Crippen molar-refractivity contribution in [2.24, 2.45) is 0 Å². The van der Waals surface area contributed by atoms with E-state index in [4.69, 9.17) is 0 Å². The lowest BCUT2D eigenvalue weighted by Crippen LogP contribution is -1.89. The Morgan fingerprint density at radius 3 is 3.18 bits per heavy atom. The van der Waals surface area contributed by atoms with Crippen molar-refractivity contribution in [3.8, 4) is 0 Å². The molecule has 0 unspecified atom stereocenters. The Morgan fingerprint density at radius 1 is 1.91 bits per heavy atom. The number of aromatic nitrogens is 2. The van der Waals surface area contributed by atoms with Crippen molar-refractivity contribution in [2.45, 2.75) is 11.9 Å². The van der Waals surface area contributed by atoms with Crippen LogP contribution in [0.5, 0.6) is 0 Å². The van der Waals surface area contributed by atoms with Gasteiger partial charge in [-0.15, -0.1) is 0 Å². The Labute approximate surface area is 67.4 Å². The highest BCUT2D eigenvalue weighted by Crippen LogP contribution is 2.23. The first kappa shape index (κ1) is 8.06. The Morgan fingerprint density at radius 2 is 2.64 bits per heavy atom. The van der Waals surface area contributed by atoms with Gasteiger partial charge in [0.1, 0.15) is 0 Å². The average molecular weight is 173 g/mol. The highest BCUT2D eigenvalue weighted by molar-refractivity contribution is 7.99. The Kier molecular flexibility index (Phi) is 2.48. The van der Waals surface area contributed by atoms with Gasteiger partial charge >= 0.3 is 5.82 Å². The standard InChI is InChI=1S/C5H7N3O2S/c1-2-11-5-4(8(9)10)6-3-7-5/h3H,2H2,1H3,(H,6,7). The van der Waals surface area contributed by atoms with Gasteiger partial charge in [0.15, 0.2) is 11.4 Å². The lowest BCUT2D eigenvalue weighted by molar-refractivity contribution is -0.392. The zero-order valence-electron chi connectivity index (χ0n) is 5.90. The molecule has 1 N–H and O–H groups in total. The van der Waals surface area contributed by atoms with Gasteiger partial charge in [-0.05, 0) is 10.7 Å². The number of nitrogens with one attached hydrogen (secondary N) is 1. The third kappa shape index (κ3) is 1.70. The van der Waals surface area contributed by atoms with Crippen LogP contribution in [-0.2, 0) is 0 Å². The van der Waals surface area contributed by atoms with Crippen molar-refractivity contribution >= 4 is 17.6 Å². The van der Waals surface area contributed by atoms with Gasteiger partial charge in [0, 0.05) is 0 Å². The minimum Gasteiger partial charge on any atom is -0.358 e. The van der Waals surface area contributed by atoms with Crippen LogP contribution in [0.15, 0.2) is 11.4 Å². The van der Waals surface area contributed by atoms with E-state index in [1.807, 2.05) is 6.92 Å². The van der Waals surface area contributed by atoms with Crippen LogP contribution in [0.25, 0.3) is 0 Å². The molecule has 0 spiro atoms. The molecule has 0 amide bonds. The molecule has 0 bridgehead atoms. The summed E-state index contributed by atoms with van der Waals surface area (Å²) in [7, 11) is 0. The zero-order chi connectivity index (χ0) is 8.27. The van der Waals surface area contributed by atoms with E-state index in [1.165, 1.54) is 18.1 Å². The van der Waals surface area contributed by atoms with E-state index in [2.05, 4.69) is 9.97 Å². The SMILES string of the molecule is CCSc1nc[nH]c1[N+](=O)[O-]. The molecule has 0 saturated carbocycles. The Hall–Kier alpha value is -1.04. The molecule has 0 aliphatic rings. The van der Waals surface area contributed by atoms with Gasteiger partial charge in [0.2, 0.25) is 0 Å². The first-order valence-corrected chi connectivity index (χ1v) is 4.04. The second kappa shape index (κ2) is 3.38. The minimum absolute atomic E-state index is 0.0168. The molecule has 1 rings (SSSR count). The van der Waals surface area contributed by atoms with Crippen LogP contribution >= 0.6 is 11.8 Å². The molecule has 0 aliphatic heterocycles. The van der Waals surface area contributed by atoms with Gasteiger partial charge in [-0.25, -0.2) is 9.97 Å². The van der Waals surface area contributed by atoms with Gasteiger partial charge in [-0.3, -0.25) is 0 Å². The molecule has 0 radical (unpaired) electrons. The fourth-order valence-corrected chi connectivity index (χ4v) is 1.32. The second-order valence-electron chi connectivity index (χ2n) is 1.75. The molecular weight excluding hydrogens is 166 g/mol. The van der Waals surface area contributed by atoms with E-state index in [9.17, 15) is 10.1 Å². The number of nitrogens with zero attached hydrogens (tertiary/aromatic N) is 2. The normalized spacial score (nSPS) is 9.91. The predicted molar refractivity (Wildman–Crippen MR) is 41.6 cm³/mol. The van der Waals surface area contributed by atoms with Gasteiger partial charge in [-0.1, -0.05) is 18.7 Å². The second-order valence-corrected chi connectivity index (χ2v) is 3.00. The first-order chi connectivity index (χ1) is 5.25. The van der Waals surface area contributed by atoms with Gasteiger partial charge in [0.25, 0.3) is 0 Å². The van der Waals surface area contributed by atoms with E-state index < -0.39 is 4.92 Å². The van der Waals surface area contributed by atoms with Crippen LogP contribution in [0.1, 0.15) is 6.92 Å². The van der Waals surface area contributed by atoms with E-state index in [-0.39, 0.29) is 5.82 Å². The lowest BCUT2D eigenvalue weighted by atomic mass is 10.8. The number of rotatable bonds is 3. The lowest BCUT2D eigenvalue weighted by Gasteiger charge is -1.92. The van der Waals surface area contributed by atoms with Crippen LogP contribution in [-0.4, -0.2) is 20.6 Å². The summed E-state index contributed by atoms with van der Waals surface area (Å²) in [5.41, 5.74) is 0. The largest absolute Gasteiger partial charge is 0.358 e. The van der Waals surface area contributed by atoms with Crippen LogP contribution in [0.2, 0.25) is 0 Å². The highest BCUT2D eigenvalue weighted by atomic mass is 32.2. The number of H-pyrrole nitrogens is 1. The number of hydrogen-bond donors (Lipinski definition) is 1. The third-order valence-electron chi connectivity index (χ3n) is 1.05. The summed E-state index contributed by atoms with van der Waals surface area (Å²) in [4.78, 5) is 16.1. The van der Waals surface area contributed by atoms with E-state index in [0.717, 1.165) is 5.75 Å². The van der Waals surface area contributed by atoms with Crippen molar-refractivity contribution < 1.29 is 4.92 Å². The molecule has 0 aromatic carbocycles. The molecule has 60 valence electrons. The quantitative estimate of drug-likeness (QED) is 0.426. The van der Waals surface area contributed by atoms with Gasteiger partial charge < -0.3 is 10.1 Å². The van der Waals surface area contributed by atoms with E-state index >= 15 is 0 Å². The van der Waals surface area contributed by atoms with Gasteiger partial charge in [0.05, 0.1) is 0 Å². The highest BCUT2D eigenvalue weighted by Gasteiger charge is 2.13. The average Bonchev–Trinajstić information content (AvgIpc) is 2.36. The van der Waals surface area contributed by atoms with E-state index in [1.54, 1.807) is 0 Å².